The predicted octanol–water partition coefficient (Wildman–Crippen LogP) is 1.18. The first-order valence-corrected chi connectivity index (χ1v) is 10.0. The van der Waals surface area contributed by atoms with Crippen molar-refractivity contribution < 1.29 is 86.8 Å². The molecule has 140 valence electrons. The van der Waals surface area contributed by atoms with Gasteiger partial charge in [0.25, 0.3) is 6.33 Å². The Labute approximate surface area is 202 Å². The zero-order valence-corrected chi connectivity index (χ0v) is 22.6. The Morgan fingerprint density at radius 2 is 1.32 bits per heavy atom. The van der Waals surface area contributed by atoms with Gasteiger partial charge in [0.05, 0.1) is 7.05 Å². The summed E-state index contributed by atoms with van der Waals surface area (Å²) in [7, 11) is -4.95. The van der Waals surface area contributed by atoms with Crippen LogP contribution in [0.15, 0.2) is 37.4 Å². The molecule has 0 aliphatic rings. The molecular formula is C13H25N4O4S2Y2-. The molecule has 2 heterocycles. The molecule has 0 aromatic carbocycles. The van der Waals surface area contributed by atoms with Crippen LogP contribution >= 0.6 is 0 Å². The van der Waals surface area contributed by atoms with E-state index in [0.29, 0.717) is 0 Å². The van der Waals surface area contributed by atoms with E-state index in [4.69, 9.17) is 0 Å². The van der Waals surface area contributed by atoms with Crippen LogP contribution in [0.5, 0.6) is 0 Å². The first kappa shape index (κ1) is 33.1. The first-order chi connectivity index (χ1) is 10.6. The standard InChI is InChI=1S/C5H8N2O2S.C4H5N2O2S.2C2H6.2Y/c1-6-3-4-7(5-6)10(2,8)9;1-9(7,8)6-3-2-5-4-6;2*1-2;;/h3-5H,2H2,1H3;2-4H,1H2;2*1-2H3;;/q;-1;;;;. The minimum atomic E-state index is -3.36. The summed E-state index contributed by atoms with van der Waals surface area (Å²) in [5, 5.41) is 0. The van der Waals surface area contributed by atoms with Gasteiger partial charge in [-0.3, -0.25) is 3.97 Å². The summed E-state index contributed by atoms with van der Waals surface area (Å²) in [5.74, 6) is 0. The number of hydrogen-bond acceptors (Lipinski definition) is 5. The Hall–Kier alpha value is 0.528. The van der Waals surface area contributed by atoms with Gasteiger partial charge in [-0.25, -0.2) is 32.6 Å². The fourth-order valence-corrected chi connectivity index (χ4v) is 1.97. The van der Waals surface area contributed by atoms with E-state index in [1.54, 1.807) is 17.8 Å². The van der Waals surface area contributed by atoms with E-state index in [-0.39, 0.29) is 65.4 Å². The number of hydrogen-bond donors (Lipinski definition) is 0. The quantitative estimate of drug-likeness (QED) is 0.419. The minimum absolute atomic E-state index is 0. The van der Waals surface area contributed by atoms with E-state index in [1.807, 2.05) is 27.7 Å². The molecule has 25 heavy (non-hydrogen) atoms. The average molecular weight is 543 g/mol. The summed E-state index contributed by atoms with van der Waals surface area (Å²) in [5.41, 5.74) is 0. The van der Waals surface area contributed by atoms with Crippen LogP contribution in [-0.2, 0) is 92.5 Å². The molecule has 0 unspecified atom stereocenters. The molecular weight excluding hydrogens is 518 g/mol. The molecule has 2 aromatic rings. The molecule has 12 heteroatoms. The zero-order chi connectivity index (χ0) is 18.7. The second kappa shape index (κ2) is 16.7. The van der Waals surface area contributed by atoms with Gasteiger partial charge in [0, 0.05) is 77.8 Å². The fourth-order valence-electron chi connectivity index (χ4n) is 1.00. The molecule has 8 nitrogen and oxygen atoms in total. The van der Waals surface area contributed by atoms with Crippen LogP contribution in [0.2, 0.25) is 0 Å². The van der Waals surface area contributed by atoms with Crippen molar-refractivity contribution in [3.05, 3.63) is 50.0 Å². The van der Waals surface area contributed by atoms with Crippen molar-refractivity contribution in [2.45, 2.75) is 27.7 Å². The normalized spacial score (nSPS) is 9.40. The number of aromatic nitrogens is 4. The molecule has 0 saturated heterocycles. The molecule has 0 spiro atoms. The summed E-state index contributed by atoms with van der Waals surface area (Å²) >= 11 is 0. The van der Waals surface area contributed by atoms with Gasteiger partial charge in [-0.15, -0.1) is 0 Å². The van der Waals surface area contributed by atoms with Crippen molar-refractivity contribution in [3.63, 3.8) is 0 Å². The molecule has 0 bridgehead atoms. The van der Waals surface area contributed by atoms with Crippen molar-refractivity contribution in [2.24, 2.45) is 7.05 Å². The number of aryl methyl sites for hydroxylation is 1. The van der Waals surface area contributed by atoms with Crippen LogP contribution in [-0.4, -0.2) is 29.8 Å². The van der Waals surface area contributed by atoms with Crippen molar-refractivity contribution >= 4 is 20.0 Å². The first-order valence-electron chi connectivity index (χ1n) is 6.79. The molecule has 0 aliphatic carbocycles. The molecule has 2 aromatic heterocycles. The Balaban J connectivity index is -0.000000138. The second-order valence-corrected chi connectivity index (χ2v) is 6.70. The number of nitrogens with zero attached hydrogens (tertiary/aromatic N) is 4. The van der Waals surface area contributed by atoms with Crippen LogP contribution < -0.4 is 4.57 Å². The van der Waals surface area contributed by atoms with Gasteiger partial charge < -0.3 is 0 Å². The number of imidazole rings is 2. The Bertz CT molecular complexity index is 743. The van der Waals surface area contributed by atoms with E-state index < -0.39 is 20.0 Å². The third-order valence-electron chi connectivity index (χ3n) is 1.87. The van der Waals surface area contributed by atoms with E-state index in [9.17, 15) is 16.8 Å². The maximum Gasteiger partial charge on any atom is 0.256 e. The van der Waals surface area contributed by atoms with Gasteiger partial charge in [-0.2, -0.15) is 10.2 Å². The van der Waals surface area contributed by atoms with Crippen LogP contribution in [0.25, 0.3) is 0 Å². The molecule has 2 rings (SSSR count). The molecule has 0 N–H and O–H groups in total. The molecule has 2 radical (unpaired) electrons. The molecule has 0 fully saturated rings. The SMILES string of the molecule is CC.CC.[CH2-]S(=O)(=O)n1cc[n+](C)c1.[CH2-]S(=O)(=O)n1ccnc1.[Y].[Y]. The minimum Gasteiger partial charge on any atom is -0.259 e. The van der Waals surface area contributed by atoms with Crippen molar-refractivity contribution in [3.8, 4) is 0 Å². The van der Waals surface area contributed by atoms with Gasteiger partial charge in [-0.1, -0.05) is 27.7 Å². The Morgan fingerprint density at radius 1 is 0.880 bits per heavy atom. The smallest absolute Gasteiger partial charge is 0.256 e. The van der Waals surface area contributed by atoms with Gasteiger partial charge in [0.2, 0.25) is 0 Å². The summed E-state index contributed by atoms with van der Waals surface area (Å²) in [4.78, 5) is 3.53. The maximum absolute atomic E-state index is 10.7. The Morgan fingerprint density at radius 3 is 1.48 bits per heavy atom. The van der Waals surface area contributed by atoms with Crippen LogP contribution in [0.3, 0.4) is 0 Å². The molecule has 0 saturated carbocycles. The Kier molecular flexibility index (Phi) is 22.1. The third kappa shape index (κ3) is 15.3. The van der Waals surface area contributed by atoms with Crippen molar-refractivity contribution in [2.75, 3.05) is 0 Å². The van der Waals surface area contributed by atoms with E-state index in [1.165, 1.54) is 31.2 Å². The largest absolute Gasteiger partial charge is 0.259 e. The van der Waals surface area contributed by atoms with Crippen molar-refractivity contribution in [1.82, 2.24) is 12.9 Å². The predicted molar refractivity (Wildman–Crippen MR) is 89.9 cm³/mol. The van der Waals surface area contributed by atoms with E-state index in [0.717, 1.165) is 7.94 Å². The number of rotatable bonds is 2. The van der Waals surface area contributed by atoms with E-state index in [2.05, 4.69) is 17.5 Å². The summed E-state index contributed by atoms with van der Waals surface area (Å²) in [6, 6.07) is 0. The molecule has 0 atom stereocenters. The van der Waals surface area contributed by atoms with Gasteiger partial charge in [0.1, 0.15) is 28.7 Å². The summed E-state index contributed by atoms with van der Waals surface area (Å²) in [6.07, 6.45) is 14.3. The molecule has 0 aliphatic heterocycles. The van der Waals surface area contributed by atoms with Crippen molar-refractivity contribution in [1.29, 1.82) is 0 Å². The summed E-state index contributed by atoms with van der Waals surface area (Å²) < 4.78 is 46.0. The zero-order valence-electron chi connectivity index (χ0n) is 15.3. The van der Waals surface area contributed by atoms with Gasteiger partial charge in [0.15, 0.2) is 10.0 Å². The molecule has 0 amide bonds. The average Bonchev–Trinajstić information content (AvgIpc) is 3.13. The third-order valence-corrected chi connectivity index (χ3v) is 3.58. The van der Waals surface area contributed by atoms with Crippen LogP contribution in [0, 0.1) is 12.5 Å². The fraction of sp³-hybridized carbons (Fsp3) is 0.385. The second-order valence-electron chi connectivity index (χ2n) is 3.53. The monoisotopic (exact) mass is 543 g/mol. The summed E-state index contributed by atoms with van der Waals surface area (Å²) in [6.45, 7) is 8.00. The van der Waals surface area contributed by atoms with E-state index >= 15 is 0 Å². The van der Waals surface area contributed by atoms with Crippen LogP contribution in [0.4, 0.5) is 0 Å². The van der Waals surface area contributed by atoms with Crippen LogP contribution in [0.1, 0.15) is 27.7 Å². The van der Waals surface area contributed by atoms with Gasteiger partial charge in [-0.05, 0) is 0 Å². The maximum atomic E-state index is 10.7. The topological polar surface area (TPSA) is 94.9 Å². The van der Waals surface area contributed by atoms with Gasteiger partial charge >= 0.3 is 0 Å².